The van der Waals surface area contributed by atoms with Crippen molar-refractivity contribution in [1.82, 2.24) is 9.80 Å². The van der Waals surface area contributed by atoms with E-state index in [4.69, 9.17) is 0 Å². The molecule has 1 saturated heterocycles. The Morgan fingerprint density at radius 1 is 1.15 bits per heavy atom. The first-order valence-electron chi connectivity index (χ1n) is 11.0. The van der Waals surface area contributed by atoms with Crippen molar-refractivity contribution < 1.29 is 22.4 Å². The summed E-state index contributed by atoms with van der Waals surface area (Å²) in [5.74, 6) is -1.12. The van der Waals surface area contributed by atoms with Crippen LogP contribution in [0.3, 0.4) is 0 Å². The molecule has 0 radical (unpaired) electrons. The predicted octanol–water partition coefficient (Wildman–Crippen LogP) is 4.32. The molecule has 2 aliphatic rings. The van der Waals surface area contributed by atoms with Gasteiger partial charge in [0, 0.05) is 49.7 Å². The summed E-state index contributed by atoms with van der Waals surface area (Å²) in [5, 5.41) is 0. The van der Waals surface area contributed by atoms with Crippen LogP contribution in [0, 0.1) is 5.82 Å². The van der Waals surface area contributed by atoms with Gasteiger partial charge in [0.1, 0.15) is 12.5 Å². The van der Waals surface area contributed by atoms with Crippen molar-refractivity contribution in [3.05, 3.63) is 65.0 Å². The average Bonchev–Trinajstić information content (AvgIpc) is 2.79. The minimum absolute atomic E-state index is 0.0552. The first-order valence-corrected chi connectivity index (χ1v) is 11.0. The highest BCUT2D eigenvalue weighted by molar-refractivity contribution is 5.95. The fourth-order valence-corrected chi connectivity index (χ4v) is 4.46. The molecule has 0 unspecified atom stereocenters. The van der Waals surface area contributed by atoms with Crippen molar-refractivity contribution in [2.24, 2.45) is 4.99 Å². The van der Waals surface area contributed by atoms with E-state index >= 15 is 0 Å². The maximum Gasteiger partial charge on any atom is 0.401 e. The monoisotopic (exact) mass is 462 g/mol. The first-order chi connectivity index (χ1) is 15.7. The Labute approximate surface area is 190 Å². The van der Waals surface area contributed by atoms with Gasteiger partial charge >= 0.3 is 6.18 Å². The second-order valence-corrected chi connectivity index (χ2v) is 8.42. The van der Waals surface area contributed by atoms with Crippen molar-refractivity contribution in [3.8, 4) is 0 Å². The van der Waals surface area contributed by atoms with E-state index in [2.05, 4.69) is 4.99 Å². The highest BCUT2D eigenvalue weighted by Crippen LogP contribution is 2.26. The number of alkyl halides is 3. The molecule has 0 aromatic heterocycles. The molecule has 2 aromatic rings. The van der Waals surface area contributed by atoms with Crippen LogP contribution >= 0.6 is 0 Å². The summed E-state index contributed by atoms with van der Waals surface area (Å²) >= 11 is 0. The summed E-state index contributed by atoms with van der Waals surface area (Å²) in [5.41, 5.74) is 2.70. The highest BCUT2D eigenvalue weighted by Gasteiger charge is 2.37. The molecule has 33 heavy (non-hydrogen) atoms. The summed E-state index contributed by atoms with van der Waals surface area (Å²) in [6, 6.07) is 11.9. The molecule has 176 valence electrons. The van der Waals surface area contributed by atoms with Crippen molar-refractivity contribution in [3.63, 3.8) is 0 Å². The molecule has 2 aromatic carbocycles. The molecule has 0 N–H and O–H groups in total. The molecule has 4 rings (SSSR count). The second kappa shape index (κ2) is 9.51. The third-order valence-electron chi connectivity index (χ3n) is 6.14. The highest BCUT2D eigenvalue weighted by atomic mass is 19.4. The molecule has 0 aliphatic carbocycles. The number of halogens is 4. The molecule has 1 atom stereocenters. The van der Waals surface area contributed by atoms with E-state index in [0.29, 0.717) is 19.6 Å². The smallest absolute Gasteiger partial charge is 0.347 e. The Kier molecular flexibility index (Phi) is 6.69. The molecule has 9 heteroatoms. The van der Waals surface area contributed by atoms with Crippen molar-refractivity contribution in [2.75, 3.05) is 37.7 Å². The number of carbonyl (C=O) groups is 1. The maximum absolute atomic E-state index is 14.6. The van der Waals surface area contributed by atoms with Gasteiger partial charge in [-0.1, -0.05) is 31.2 Å². The first kappa shape index (κ1) is 23.2. The number of aliphatic imine (C=N–C) groups is 1. The largest absolute Gasteiger partial charge is 0.401 e. The van der Waals surface area contributed by atoms with E-state index < -0.39 is 30.5 Å². The lowest BCUT2D eigenvalue weighted by Gasteiger charge is -2.41. The van der Waals surface area contributed by atoms with Crippen LogP contribution < -0.4 is 4.90 Å². The Morgan fingerprint density at radius 2 is 1.94 bits per heavy atom. The Morgan fingerprint density at radius 3 is 2.70 bits per heavy atom. The van der Waals surface area contributed by atoms with Crippen LogP contribution in [0.25, 0.3) is 0 Å². The third-order valence-corrected chi connectivity index (χ3v) is 6.14. The SMILES string of the molecule is CC[C@@H]1CN(C(=O)c2cc(CN3CN=Cc4ccccc43)ccc2F)CCN1CC(F)(F)F. The molecule has 0 saturated carbocycles. The zero-order chi connectivity index (χ0) is 23.6. The van der Waals surface area contributed by atoms with Gasteiger partial charge in [-0.25, -0.2) is 4.39 Å². The standard InChI is InChI=1S/C24H26F4N4O/c1-2-19-14-30(9-10-31(19)15-24(26,27)28)23(33)20-11-17(7-8-21(20)25)13-32-16-29-12-18-5-3-4-6-22(18)32/h3-8,11-12,19H,2,9-10,13-16H2,1H3/t19-/m1/s1. The molecule has 0 spiro atoms. The lowest BCUT2D eigenvalue weighted by Crippen LogP contribution is -2.56. The summed E-state index contributed by atoms with van der Waals surface area (Å²) in [6.07, 6.45) is -2.01. The van der Waals surface area contributed by atoms with E-state index in [9.17, 15) is 22.4 Å². The van der Waals surface area contributed by atoms with Gasteiger partial charge in [-0.15, -0.1) is 0 Å². The quantitative estimate of drug-likeness (QED) is 0.622. The zero-order valence-electron chi connectivity index (χ0n) is 18.4. The van der Waals surface area contributed by atoms with Gasteiger partial charge in [0.25, 0.3) is 5.91 Å². The minimum Gasteiger partial charge on any atom is -0.347 e. The van der Waals surface area contributed by atoms with E-state index in [-0.39, 0.29) is 25.2 Å². The summed E-state index contributed by atoms with van der Waals surface area (Å²) in [4.78, 5) is 22.3. The number of fused-ring (bicyclic) bond motifs is 1. The minimum atomic E-state index is -4.29. The van der Waals surface area contributed by atoms with Crippen LogP contribution in [0.5, 0.6) is 0 Å². The number of hydrogen-bond donors (Lipinski definition) is 0. The topological polar surface area (TPSA) is 39.2 Å². The van der Waals surface area contributed by atoms with Gasteiger partial charge in [0.2, 0.25) is 0 Å². The molecule has 1 fully saturated rings. The Hall–Kier alpha value is -2.94. The zero-order valence-corrected chi connectivity index (χ0v) is 18.4. The average molecular weight is 462 g/mol. The van der Waals surface area contributed by atoms with E-state index in [1.807, 2.05) is 35.4 Å². The number of piperazine rings is 1. The van der Waals surface area contributed by atoms with Crippen LogP contribution in [-0.2, 0) is 6.54 Å². The number of benzene rings is 2. The number of anilines is 1. The molecule has 0 bridgehead atoms. The van der Waals surface area contributed by atoms with Gasteiger partial charge in [-0.2, -0.15) is 13.2 Å². The molecule has 2 heterocycles. The van der Waals surface area contributed by atoms with Gasteiger partial charge in [-0.05, 0) is 30.2 Å². The summed E-state index contributed by atoms with van der Waals surface area (Å²) < 4.78 is 53.2. The van der Waals surface area contributed by atoms with Crippen LogP contribution in [0.4, 0.5) is 23.2 Å². The Bertz CT molecular complexity index is 1040. The second-order valence-electron chi connectivity index (χ2n) is 8.42. The molecular formula is C24H26F4N4O. The molecular weight excluding hydrogens is 436 g/mol. The number of nitrogens with zero attached hydrogens (tertiary/aromatic N) is 4. The van der Waals surface area contributed by atoms with Gasteiger partial charge < -0.3 is 9.80 Å². The van der Waals surface area contributed by atoms with Gasteiger partial charge in [-0.3, -0.25) is 14.7 Å². The number of rotatable bonds is 5. The molecule has 5 nitrogen and oxygen atoms in total. The predicted molar refractivity (Wildman–Crippen MR) is 119 cm³/mol. The summed E-state index contributed by atoms with van der Waals surface area (Å²) in [6.45, 7) is 2.07. The van der Waals surface area contributed by atoms with Crippen molar-refractivity contribution in [1.29, 1.82) is 0 Å². The maximum atomic E-state index is 14.6. The Balaban J connectivity index is 1.49. The van der Waals surface area contributed by atoms with Crippen LogP contribution in [-0.4, -0.2) is 67.0 Å². The van der Waals surface area contributed by atoms with E-state index in [0.717, 1.165) is 16.8 Å². The number of hydrogen-bond acceptors (Lipinski definition) is 4. The van der Waals surface area contributed by atoms with Crippen LogP contribution in [0.2, 0.25) is 0 Å². The molecule has 2 aliphatic heterocycles. The van der Waals surface area contributed by atoms with Gasteiger partial charge in [0.15, 0.2) is 0 Å². The lowest BCUT2D eigenvalue weighted by molar-refractivity contribution is -0.155. The van der Waals surface area contributed by atoms with E-state index in [1.54, 1.807) is 19.1 Å². The number of amides is 1. The fourth-order valence-electron chi connectivity index (χ4n) is 4.46. The van der Waals surface area contributed by atoms with Crippen LogP contribution in [0.1, 0.15) is 34.8 Å². The van der Waals surface area contributed by atoms with Crippen molar-refractivity contribution >= 4 is 17.8 Å². The number of carbonyl (C=O) groups excluding carboxylic acids is 1. The normalized spacial score (nSPS) is 19.0. The summed E-state index contributed by atoms with van der Waals surface area (Å²) in [7, 11) is 0. The molecule has 1 amide bonds. The van der Waals surface area contributed by atoms with Crippen LogP contribution in [0.15, 0.2) is 47.5 Å². The number of para-hydroxylation sites is 1. The lowest BCUT2D eigenvalue weighted by atomic mass is 10.0. The third kappa shape index (κ3) is 5.35. The van der Waals surface area contributed by atoms with E-state index in [1.165, 1.54) is 15.9 Å². The van der Waals surface area contributed by atoms with Gasteiger partial charge in [0.05, 0.1) is 12.1 Å². The van der Waals surface area contributed by atoms with Crippen molar-refractivity contribution in [2.45, 2.75) is 32.1 Å². The fraction of sp³-hybridized carbons (Fsp3) is 0.417.